The fourth-order valence-corrected chi connectivity index (χ4v) is 1.35. The van der Waals surface area contributed by atoms with Crippen LogP contribution < -0.4 is 10.6 Å². The van der Waals surface area contributed by atoms with Crippen LogP contribution >= 0.6 is 0 Å². The topological polar surface area (TPSA) is 95.5 Å². The maximum absolute atomic E-state index is 12.9. The Morgan fingerprint density at radius 1 is 1.24 bits per heavy atom. The molecule has 0 saturated heterocycles. The van der Waals surface area contributed by atoms with Crippen LogP contribution in [0.1, 0.15) is 24.2 Å². The first-order valence-corrected chi connectivity index (χ1v) is 6.26. The zero-order valence-electron chi connectivity index (χ0n) is 11.8. The van der Waals surface area contributed by atoms with Gasteiger partial charge in [0.1, 0.15) is 5.82 Å². The van der Waals surface area contributed by atoms with Crippen LogP contribution in [-0.2, 0) is 9.59 Å². The summed E-state index contributed by atoms with van der Waals surface area (Å²) in [7, 11) is 0. The molecule has 0 aliphatic heterocycles. The number of carbonyl (C=O) groups excluding carboxylic acids is 2. The van der Waals surface area contributed by atoms with Gasteiger partial charge in [-0.2, -0.15) is 0 Å². The van der Waals surface area contributed by atoms with E-state index >= 15 is 0 Å². The van der Waals surface area contributed by atoms with Crippen molar-refractivity contribution in [3.63, 3.8) is 0 Å². The Morgan fingerprint density at radius 3 is 2.48 bits per heavy atom. The number of benzene rings is 1. The van der Waals surface area contributed by atoms with Crippen LogP contribution in [0.3, 0.4) is 0 Å². The monoisotopic (exact) mass is 296 g/mol. The van der Waals surface area contributed by atoms with E-state index in [4.69, 9.17) is 5.11 Å². The summed E-state index contributed by atoms with van der Waals surface area (Å²) in [4.78, 5) is 34.0. The third kappa shape index (κ3) is 5.21. The van der Waals surface area contributed by atoms with Crippen LogP contribution in [0.2, 0.25) is 0 Å². The second kappa shape index (κ2) is 6.83. The molecule has 6 nitrogen and oxygen atoms in total. The fraction of sp³-hybridized carbons (Fsp3) is 0.357. The molecule has 0 aliphatic carbocycles. The standard InChI is InChI=1S/C14H17FN2O4/c1-14(2,13(20)21)8-17-11(18)7-16-12(19)9-4-3-5-10(15)6-9/h3-6H,7-8H2,1-2H3,(H,16,19)(H,17,18)(H,20,21). The SMILES string of the molecule is CC(C)(CNC(=O)CNC(=O)c1cccc(F)c1)C(=O)O. The van der Waals surface area contributed by atoms with Crippen LogP contribution in [0.4, 0.5) is 4.39 Å². The number of nitrogens with one attached hydrogen (secondary N) is 2. The van der Waals surface area contributed by atoms with E-state index in [1.165, 1.54) is 32.0 Å². The van der Waals surface area contributed by atoms with E-state index in [0.717, 1.165) is 6.07 Å². The maximum atomic E-state index is 12.9. The Labute approximate surface area is 121 Å². The van der Waals surface area contributed by atoms with Gasteiger partial charge in [0.15, 0.2) is 0 Å². The number of carboxylic acids is 1. The summed E-state index contributed by atoms with van der Waals surface area (Å²) in [6.45, 7) is 2.57. The van der Waals surface area contributed by atoms with Crippen molar-refractivity contribution in [3.05, 3.63) is 35.6 Å². The van der Waals surface area contributed by atoms with Gasteiger partial charge in [-0.05, 0) is 32.0 Å². The Balaban J connectivity index is 2.43. The Bertz CT molecular complexity index is 558. The Kier molecular flexibility index (Phi) is 5.40. The molecule has 3 N–H and O–H groups in total. The van der Waals surface area contributed by atoms with E-state index in [-0.39, 0.29) is 18.7 Å². The van der Waals surface area contributed by atoms with Crippen LogP contribution in [0, 0.1) is 11.2 Å². The molecule has 2 amide bonds. The van der Waals surface area contributed by atoms with E-state index in [0.29, 0.717) is 0 Å². The van der Waals surface area contributed by atoms with Gasteiger partial charge >= 0.3 is 5.97 Å². The highest BCUT2D eigenvalue weighted by atomic mass is 19.1. The van der Waals surface area contributed by atoms with Gasteiger partial charge in [-0.1, -0.05) is 6.07 Å². The molecule has 7 heteroatoms. The van der Waals surface area contributed by atoms with Gasteiger partial charge in [-0.25, -0.2) is 4.39 Å². The van der Waals surface area contributed by atoms with Crippen LogP contribution in [0.25, 0.3) is 0 Å². The minimum absolute atomic E-state index is 0.0585. The van der Waals surface area contributed by atoms with Crippen molar-refractivity contribution in [2.24, 2.45) is 5.41 Å². The van der Waals surface area contributed by atoms with E-state index in [2.05, 4.69) is 10.6 Å². The highest BCUT2D eigenvalue weighted by Gasteiger charge is 2.27. The molecule has 0 spiro atoms. The van der Waals surface area contributed by atoms with Crippen molar-refractivity contribution >= 4 is 17.8 Å². The third-order valence-corrected chi connectivity index (χ3v) is 2.80. The molecule has 0 saturated carbocycles. The van der Waals surface area contributed by atoms with Gasteiger partial charge in [0.2, 0.25) is 5.91 Å². The number of rotatable bonds is 6. The van der Waals surface area contributed by atoms with Gasteiger partial charge in [0.25, 0.3) is 5.91 Å². The summed E-state index contributed by atoms with van der Waals surface area (Å²) in [5, 5.41) is 13.6. The molecule has 0 radical (unpaired) electrons. The molecule has 0 aliphatic rings. The summed E-state index contributed by atoms with van der Waals surface area (Å²) < 4.78 is 12.9. The molecular formula is C14H17FN2O4. The predicted octanol–water partition coefficient (Wildman–Crippen LogP) is 0.782. The van der Waals surface area contributed by atoms with E-state index in [9.17, 15) is 18.8 Å². The lowest BCUT2D eigenvalue weighted by atomic mass is 9.94. The minimum Gasteiger partial charge on any atom is -0.481 e. The second-order valence-electron chi connectivity index (χ2n) is 5.16. The van der Waals surface area contributed by atoms with Crippen molar-refractivity contribution < 1.29 is 23.9 Å². The molecule has 0 fully saturated rings. The molecule has 1 aromatic carbocycles. The largest absolute Gasteiger partial charge is 0.481 e. The van der Waals surface area contributed by atoms with Crippen molar-refractivity contribution in [2.75, 3.05) is 13.1 Å². The molecule has 21 heavy (non-hydrogen) atoms. The van der Waals surface area contributed by atoms with Crippen molar-refractivity contribution in [2.45, 2.75) is 13.8 Å². The first-order valence-electron chi connectivity index (χ1n) is 6.26. The summed E-state index contributed by atoms with van der Waals surface area (Å²) >= 11 is 0. The number of halogens is 1. The molecule has 0 heterocycles. The quantitative estimate of drug-likeness (QED) is 0.723. The van der Waals surface area contributed by atoms with Crippen molar-refractivity contribution in [3.8, 4) is 0 Å². The van der Waals surface area contributed by atoms with Crippen molar-refractivity contribution in [1.29, 1.82) is 0 Å². The molecule has 0 unspecified atom stereocenters. The molecule has 0 aromatic heterocycles. The zero-order chi connectivity index (χ0) is 16.0. The van der Waals surface area contributed by atoms with Gasteiger partial charge < -0.3 is 15.7 Å². The number of amides is 2. The summed E-state index contributed by atoms with van der Waals surface area (Å²) in [6, 6.07) is 5.07. The average Bonchev–Trinajstić information content (AvgIpc) is 2.42. The van der Waals surface area contributed by atoms with Gasteiger partial charge in [0.05, 0.1) is 12.0 Å². The molecule has 1 rings (SSSR count). The Hall–Kier alpha value is -2.44. The summed E-state index contributed by atoms with van der Waals surface area (Å²) in [6.07, 6.45) is 0. The fourth-order valence-electron chi connectivity index (χ4n) is 1.35. The molecule has 0 atom stereocenters. The number of hydrogen-bond donors (Lipinski definition) is 3. The van der Waals surface area contributed by atoms with E-state index in [1.807, 2.05) is 0 Å². The second-order valence-corrected chi connectivity index (χ2v) is 5.16. The first-order chi connectivity index (χ1) is 9.72. The van der Waals surface area contributed by atoms with E-state index < -0.39 is 29.0 Å². The molecule has 0 bridgehead atoms. The summed E-state index contributed by atoms with van der Waals surface area (Å²) in [5.41, 5.74) is -0.990. The lowest BCUT2D eigenvalue weighted by molar-refractivity contribution is -0.146. The zero-order valence-corrected chi connectivity index (χ0v) is 11.8. The number of carbonyl (C=O) groups is 3. The maximum Gasteiger partial charge on any atom is 0.310 e. The van der Waals surface area contributed by atoms with Gasteiger partial charge in [-0.3, -0.25) is 14.4 Å². The van der Waals surface area contributed by atoms with E-state index in [1.54, 1.807) is 0 Å². The minimum atomic E-state index is -1.10. The third-order valence-electron chi connectivity index (χ3n) is 2.80. The molecule has 1 aromatic rings. The lowest BCUT2D eigenvalue weighted by Crippen LogP contribution is -2.43. The molecular weight excluding hydrogens is 279 g/mol. The number of aliphatic carboxylic acids is 1. The predicted molar refractivity (Wildman–Crippen MR) is 73.2 cm³/mol. The average molecular weight is 296 g/mol. The summed E-state index contributed by atoms with van der Waals surface area (Å²) in [5.74, 6) is -2.68. The lowest BCUT2D eigenvalue weighted by Gasteiger charge is -2.19. The highest BCUT2D eigenvalue weighted by molar-refractivity contribution is 5.96. The van der Waals surface area contributed by atoms with Crippen LogP contribution in [-0.4, -0.2) is 36.0 Å². The highest BCUT2D eigenvalue weighted by Crippen LogP contribution is 2.12. The van der Waals surface area contributed by atoms with Crippen molar-refractivity contribution in [1.82, 2.24) is 10.6 Å². The van der Waals surface area contributed by atoms with Gasteiger partial charge in [0, 0.05) is 12.1 Å². The normalized spacial score (nSPS) is 10.8. The molecule has 114 valence electrons. The van der Waals surface area contributed by atoms with Crippen LogP contribution in [0.5, 0.6) is 0 Å². The number of hydrogen-bond acceptors (Lipinski definition) is 3. The van der Waals surface area contributed by atoms with Crippen LogP contribution in [0.15, 0.2) is 24.3 Å². The van der Waals surface area contributed by atoms with Gasteiger partial charge in [-0.15, -0.1) is 0 Å². The smallest absolute Gasteiger partial charge is 0.310 e. The number of carboxylic acid groups (broad SMARTS) is 1. The first kappa shape index (κ1) is 16.6. The Morgan fingerprint density at radius 2 is 1.90 bits per heavy atom.